The first-order valence-electron chi connectivity index (χ1n) is 9.67. The Kier molecular flexibility index (Phi) is 3.19. The molecule has 1 aromatic rings. The van der Waals surface area contributed by atoms with Gasteiger partial charge < -0.3 is 15.5 Å². The zero-order chi connectivity index (χ0) is 19.0. The maximum Gasteiger partial charge on any atom is 0.253 e. The van der Waals surface area contributed by atoms with Gasteiger partial charge in [-0.1, -0.05) is 26.0 Å². The highest BCUT2D eigenvalue weighted by molar-refractivity contribution is 6.19. The summed E-state index contributed by atoms with van der Waals surface area (Å²) in [5.74, 6) is -0.111. The van der Waals surface area contributed by atoms with Crippen molar-refractivity contribution in [1.29, 1.82) is 0 Å². The smallest absolute Gasteiger partial charge is 0.253 e. The van der Waals surface area contributed by atoms with Crippen LogP contribution < -0.4 is 10.6 Å². The minimum Gasteiger partial charge on any atom is -0.352 e. The Balaban J connectivity index is 1.64. The summed E-state index contributed by atoms with van der Waals surface area (Å²) in [5.41, 5.74) is -0.127. The van der Waals surface area contributed by atoms with Crippen LogP contribution in [0.25, 0.3) is 0 Å². The van der Waals surface area contributed by atoms with E-state index in [2.05, 4.69) is 24.5 Å². The number of ketones is 1. The van der Waals surface area contributed by atoms with Crippen LogP contribution in [0.4, 0.5) is 5.69 Å². The number of benzene rings is 1. The summed E-state index contributed by atoms with van der Waals surface area (Å²) in [7, 11) is 0. The van der Waals surface area contributed by atoms with Gasteiger partial charge in [-0.3, -0.25) is 14.4 Å². The van der Waals surface area contributed by atoms with Crippen molar-refractivity contribution in [1.82, 2.24) is 10.2 Å². The highest BCUT2D eigenvalue weighted by Gasteiger charge is 2.68. The summed E-state index contributed by atoms with van der Waals surface area (Å²) in [6.07, 6.45) is 3.93. The average molecular weight is 365 g/mol. The number of carbonyl (C=O) groups excluding carboxylic acids is 3. The van der Waals surface area contributed by atoms with Gasteiger partial charge in [0.25, 0.3) is 5.91 Å². The molecular weight excluding hydrogens is 342 g/mol. The molecule has 0 unspecified atom stereocenters. The first-order valence-corrected chi connectivity index (χ1v) is 9.67. The third-order valence-corrected chi connectivity index (χ3v) is 6.84. The number of para-hydroxylation sites is 1. The number of allylic oxidation sites excluding steroid dienone is 1. The van der Waals surface area contributed by atoms with E-state index in [1.165, 1.54) is 0 Å². The fourth-order valence-electron chi connectivity index (χ4n) is 5.51. The van der Waals surface area contributed by atoms with Crippen molar-refractivity contribution in [2.24, 2.45) is 11.8 Å². The number of fused-ring (bicyclic) bond motifs is 3. The monoisotopic (exact) mass is 365 g/mol. The summed E-state index contributed by atoms with van der Waals surface area (Å²) in [6.45, 7) is 4.78. The number of anilines is 1. The van der Waals surface area contributed by atoms with Crippen LogP contribution in [0.5, 0.6) is 0 Å². The molecule has 5 aliphatic heterocycles. The van der Waals surface area contributed by atoms with E-state index >= 15 is 0 Å². The lowest BCUT2D eigenvalue weighted by Gasteiger charge is -2.59. The molecule has 4 fully saturated rings. The second-order valence-electron chi connectivity index (χ2n) is 8.53. The Morgan fingerprint density at radius 3 is 2.74 bits per heavy atom. The predicted molar refractivity (Wildman–Crippen MR) is 100.0 cm³/mol. The van der Waals surface area contributed by atoms with Crippen molar-refractivity contribution >= 4 is 23.3 Å². The predicted octanol–water partition coefficient (Wildman–Crippen LogP) is 2.08. The average Bonchev–Trinajstić information content (AvgIpc) is 3.20. The number of Topliss-reactive ketones (excluding diaryl/α,β-unsaturated/α-hetero) is 1. The van der Waals surface area contributed by atoms with Crippen molar-refractivity contribution in [3.8, 4) is 0 Å². The lowest BCUT2D eigenvalue weighted by Crippen LogP contribution is -2.81. The number of piperidine rings is 2. The number of rotatable bonds is 2. The largest absolute Gasteiger partial charge is 0.352 e. The van der Waals surface area contributed by atoms with Gasteiger partial charge in [0, 0.05) is 17.8 Å². The highest BCUT2D eigenvalue weighted by atomic mass is 16.2. The molecule has 6 rings (SSSR count). The molecule has 5 aliphatic rings. The normalized spacial score (nSPS) is 35.5. The van der Waals surface area contributed by atoms with Gasteiger partial charge >= 0.3 is 0 Å². The summed E-state index contributed by atoms with van der Waals surface area (Å²) < 4.78 is 0. The highest BCUT2D eigenvalue weighted by Crippen LogP contribution is 2.52. The third kappa shape index (κ3) is 1.93. The van der Waals surface area contributed by atoms with Crippen LogP contribution in [0.1, 0.15) is 43.5 Å². The van der Waals surface area contributed by atoms with Gasteiger partial charge in [0.15, 0.2) is 0 Å². The molecule has 1 spiro atoms. The van der Waals surface area contributed by atoms with Crippen molar-refractivity contribution < 1.29 is 14.4 Å². The molecule has 0 aromatic heterocycles. The van der Waals surface area contributed by atoms with Crippen LogP contribution >= 0.6 is 0 Å². The van der Waals surface area contributed by atoms with Crippen LogP contribution in [-0.2, 0) is 9.59 Å². The van der Waals surface area contributed by atoms with E-state index in [0.29, 0.717) is 24.2 Å². The minimum absolute atomic E-state index is 0.0390. The lowest BCUT2D eigenvalue weighted by atomic mass is 9.61. The van der Waals surface area contributed by atoms with E-state index in [1.54, 1.807) is 17.0 Å². The molecule has 4 saturated heterocycles. The topological polar surface area (TPSA) is 78.5 Å². The molecule has 6 nitrogen and oxygen atoms in total. The maximum absolute atomic E-state index is 13.5. The molecule has 1 aromatic carbocycles. The van der Waals surface area contributed by atoms with Crippen molar-refractivity contribution in [3.63, 3.8) is 0 Å². The van der Waals surface area contributed by atoms with Gasteiger partial charge in [0.2, 0.25) is 11.7 Å². The van der Waals surface area contributed by atoms with E-state index in [9.17, 15) is 14.4 Å². The molecule has 5 heterocycles. The quantitative estimate of drug-likeness (QED) is 0.787. The molecule has 0 radical (unpaired) electrons. The summed E-state index contributed by atoms with van der Waals surface area (Å²) in [6, 6.07) is 7.31. The Hall–Kier alpha value is -2.63. The van der Waals surface area contributed by atoms with E-state index in [0.717, 1.165) is 18.5 Å². The van der Waals surface area contributed by atoms with Gasteiger partial charge in [0.1, 0.15) is 11.1 Å². The number of amides is 2. The Morgan fingerprint density at radius 1 is 1.22 bits per heavy atom. The Labute approximate surface area is 158 Å². The number of hydrogen-bond acceptors (Lipinski definition) is 4. The molecule has 27 heavy (non-hydrogen) atoms. The van der Waals surface area contributed by atoms with Crippen molar-refractivity contribution in [3.05, 3.63) is 41.6 Å². The maximum atomic E-state index is 13.5. The van der Waals surface area contributed by atoms with E-state index < -0.39 is 11.1 Å². The van der Waals surface area contributed by atoms with E-state index in [4.69, 9.17) is 0 Å². The fourth-order valence-corrected chi connectivity index (χ4v) is 5.51. The molecule has 2 bridgehead atoms. The van der Waals surface area contributed by atoms with Crippen LogP contribution in [0.2, 0.25) is 0 Å². The second-order valence-corrected chi connectivity index (χ2v) is 8.53. The van der Waals surface area contributed by atoms with Gasteiger partial charge in [-0.25, -0.2) is 0 Å². The van der Waals surface area contributed by atoms with Crippen LogP contribution in [0, 0.1) is 11.8 Å². The molecule has 3 atom stereocenters. The zero-order valence-electron chi connectivity index (χ0n) is 15.5. The van der Waals surface area contributed by atoms with Crippen molar-refractivity contribution in [2.45, 2.75) is 44.2 Å². The number of hydrogen-bond donors (Lipinski definition) is 2. The SMILES string of the molecule is CC(C)[C@H]1C[C@]23CCCN2C(=O)[C@@]1(/C=C1/Nc2ccccc2C1=O)NC3=O. The molecular formula is C21H23N3O3. The molecule has 0 saturated carbocycles. The number of carbonyl (C=O) groups is 3. The molecule has 0 aliphatic carbocycles. The zero-order valence-corrected chi connectivity index (χ0v) is 15.5. The fraction of sp³-hybridized carbons (Fsp3) is 0.476. The third-order valence-electron chi connectivity index (χ3n) is 6.84. The van der Waals surface area contributed by atoms with E-state index in [1.807, 2.05) is 18.2 Å². The summed E-state index contributed by atoms with van der Waals surface area (Å²) in [5, 5.41) is 6.20. The minimum atomic E-state index is -1.16. The van der Waals surface area contributed by atoms with Gasteiger partial charge in [-0.05, 0) is 49.3 Å². The molecule has 2 N–H and O–H groups in total. The van der Waals surface area contributed by atoms with Gasteiger partial charge in [-0.2, -0.15) is 0 Å². The van der Waals surface area contributed by atoms with Crippen LogP contribution in [0.15, 0.2) is 36.0 Å². The number of nitrogens with one attached hydrogen (secondary N) is 2. The van der Waals surface area contributed by atoms with Crippen LogP contribution in [-0.4, -0.2) is 40.1 Å². The first-order chi connectivity index (χ1) is 12.9. The standard InChI is InChI=1S/C21H23N3O3/c1-12(2)14-10-20-8-5-9-24(20)19(27)21(14,23-18(20)26)11-16-17(25)13-6-3-4-7-15(13)22-16/h3-4,6-7,11-12,14,22H,5,8-10H2,1-2H3,(H,23,26)/b16-11+/t14-,20+,21+/m1/s1. The first kappa shape index (κ1) is 16.5. The molecule has 140 valence electrons. The summed E-state index contributed by atoms with van der Waals surface area (Å²) in [4.78, 5) is 41.2. The lowest BCUT2D eigenvalue weighted by molar-refractivity contribution is -0.172. The summed E-state index contributed by atoms with van der Waals surface area (Å²) >= 11 is 0. The molecule has 6 heteroatoms. The van der Waals surface area contributed by atoms with Crippen molar-refractivity contribution in [2.75, 3.05) is 11.9 Å². The number of nitrogens with zero attached hydrogens (tertiary/aromatic N) is 1. The molecule has 2 amide bonds. The van der Waals surface area contributed by atoms with Gasteiger partial charge in [0.05, 0.1) is 5.70 Å². The Bertz CT molecular complexity index is 921. The number of piperazine rings is 1. The van der Waals surface area contributed by atoms with E-state index in [-0.39, 0.29) is 29.4 Å². The van der Waals surface area contributed by atoms with Gasteiger partial charge in [-0.15, -0.1) is 0 Å². The van der Waals surface area contributed by atoms with Crippen LogP contribution in [0.3, 0.4) is 0 Å². The second kappa shape index (κ2) is 5.21. The Morgan fingerprint density at radius 2 is 2.00 bits per heavy atom.